The van der Waals surface area contributed by atoms with Crippen LogP contribution in [0, 0.1) is 0 Å². The first-order valence-corrected chi connectivity index (χ1v) is 8.45. The van der Waals surface area contributed by atoms with Crippen molar-refractivity contribution >= 4 is 17.4 Å². The van der Waals surface area contributed by atoms with Gasteiger partial charge in [0, 0.05) is 30.4 Å². The van der Waals surface area contributed by atoms with Crippen LogP contribution < -0.4 is 15.0 Å². The van der Waals surface area contributed by atoms with Crippen LogP contribution in [0.4, 0.5) is 5.69 Å². The number of hydrogen-bond donors (Lipinski definition) is 1. The molecule has 0 unspecified atom stereocenters. The summed E-state index contributed by atoms with van der Waals surface area (Å²) in [7, 11) is 0. The molecule has 1 atom stereocenters. The summed E-state index contributed by atoms with van der Waals surface area (Å²) in [6, 6.07) is 17.2. The van der Waals surface area contributed by atoms with Crippen LogP contribution in [0.1, 0.15) is 23.7 Å². The molecule has 0 aliphatic carbocycles. The number of Topliss-reactive ketones (excluding diaryl/α,β-unsaturated/α-hetero) is 1. The minimum atomic E-state index is -0.145. The van der Waals surface area contributed by atoms with Crippen LogP contribution in [0.15, 0.2) is 54.6 Å². The van der Waals surface area contributed by atoms with E-state index >= 15 is 0 Å². The molecule has 1 N–H and O–H groups in total. The second-order valence-corrected chi connectivity index (χ2v) is 6.21. The van der Waals surface area contributed by atoms with Gasteiger partial charge in [-0.05, 0) is 37.6 Å². The van der Waals surface area contributed by atoms with E-state index in [1.54, 1.807) is 24.3 Å². The summed E-state index contributed by atoms with van der Waals surface area (Å²) in [5.41, 5.74) is 1.75. The van der Waals surface area contributed by atoms with Gasteiger partial charge in [-0.3, -0.25) is 9.59 Å². The molecule has 1 fully saturated rings. The lowest BCUT2D eigenvalue weighted by atomic mass is 10.1. The SMILES string of the molecule is CC(=O)c1cccc(OCC(=O)N[C@H]2CCN(c3ccccc3)C2)c1. The van der Waals surface area contributed by atoms with E-state index < -0.39 is 0 Å². The molecule has 5 heteroatoms. The molecule has 1 aliphatic rings. The Hall–Kier alpha value is -2.82. The molecule has 3 rings (SSSR count). The summed E-state index contributed by atoms with van der Waals surface area (Å²) >= 11 is 0. The smallest absolute Gasteiger partial charge is 0.258 e. The number of carbonyl (C=O) groups excluding carboxylic acids is 2. The molecular formula is C20H22N2O3. The molecule has 0 spiro atoms. The number of nitrogens with zero attached hydrogens (tertiary/aromatic N) is 1. The van der Waals surface area contributed by atoms with E-state index in [9.17, 15) is 9.59 Å². The van der Waals surface area contributed by atoms with E-state index in [1.807, 2.05) is 18.2 Å². The van der Waals surface area contributed by atoms with Gasteiger partial charge in [0.15, 0.2) is 12.4 Å². The molecular weight excluding hydrogens is 316 g/mol. The van der Waals surface area contributed by atoms with Crippen molar-refractivity contribution in [1.82, 2.24) is 5.32 Å². The number of hydrogen-bond acceptors (Lipinski definition) is 4. The second-order valence-electron chi connectivity index (χ2n) is 6.21. The van der Waals surface area contributed by atoms with Gasteiger partial charge in [0.1, 0.15) is 5.75 Å². The van der Waals surface area contributed by atoms with E-state index in [0.717, 1.165) is 19.5 Å². The van der Waals surface area contributed by atoms with Gasteiger partial charge in [-0.15, -0.1) is 0 Å². The van der Waals surface area contributed by atoms with Gasteiger partial charge in [0.25, 0.3) is 5.91 Å². The van der Waals surface area contributed by atoms with Gasteiger partial charge in [0.2, 0.25) is 0 Å². The van der Waals surface area contributed by atoms with Crippen molar-refractivity contribution in [3.63, 3.8) is 0 Å². The predicted molar refractivity (Wildman–Crippen MR) is 97.1 cm³/mol. The number of amides is 1. The molecule has 0 saturated carbocycles. The Balaban J connectivity index is 1.47. The fourth-order valence-electron chi connectivity index (χ4n) is 2.97. The van der Waals surface area contributed by atoms with Crippen molar-refractivity contribution < 1.29 is 14.3 Å². The fraction of sp³-hybridized carbons (Fsp3) is 0.300. The number of carbonyl (C=O) groups is 2. The molecule has 0 bridgehead atoms. The summed E-state index contributed by atoms with van der Waals surface area (Å²) in [6.07, 6.45) is 0.917. The lowest BCUT2D eigenvalue weighted by molar-refractivity contribution is -0.123. The lowest BCUT2D eigenvalue weighted by Gasteiger charge is -2.19. The number of rotatable bonds is 6. The average Bonchev–Trinajstić information content (AvgIpc) is 3.09. The highest BCUT2D eigenvalue weighted by molar-refractivity contribution is 5.94. The quantitative estimate of drug-likeness (QED) is 0.823. The molecule has 2 aromatic rings. The first kappa shape index (κ1) is 17.0. The Labute approximate surface area is 147 Å². The monoisotopic (exact) mass is 338 g/mol. The van der Waals surface area contributed by atoms with E-state index in [1.165, 1.54) is 12.6 Å². The molecule has 1 amide bonds. The Bertz CT molecular complexity index is 746. The zero-order valence-corrected chi connectivity index (χ0v) is 14.3. The highest BCUT2D eigenvalue weighted by atomic mass is 16.5. The van der Waals surface area contributed by atoms with Crippen LogP contribution in [0.5, 0.6) is 5.75 Å². The number of para-hydroxylation sites is 1. The number of nitrogens with one attached hydrogen (secondary N) is 1. The van der Waals surface area contributed by atoms with Crippen LogP contribution in [0.25, 0.3) is 0 Å². The molecule has 2 aromatic carbocycles. The number of ketones is 1. The normalized spacial score (nSPS) is 16.5. The first-order chi connectivity index (χ1) is 12.1. The van der Waals surface area contributed by atoms with Gasteiger partial charge in [-0.25, -0.2) is 0 Å². The van der Waals surface area contributed by atoms with Gasteiger partial charge < -0.3 is 15.0 Å². The minimum Gasteiger partial charge on any atom is -0.484 e. The summed E-state index contributed by atoms with van der Waals surface area (Å²) in [5, 5.41) is 3.01. The van der Waals surface area contributed by atoms with Crippen molar-refractivity contribution in [2.45, 2.75) is 19.4 Å². The Morgan fingerprint density at radius 2 is 1.96 bits per heavy atom. The van der Waals surface area contributed by atoms with Crippen molar-refractivity contribution in [3.05, 3.63) is 60.2 Å². The van der Waals surface area contributed by atoms with Gasteiger partial charge in [-0.1, -0.05) is 30.3 Å². The highest BCUT2D eigenvalue weighted by Crippen LogP contribution is 2.19. The number of anilines is 1. The Morgan fingerprint density at radius 3 is 2.72 bits per heavy atom. The van der Waals surface area contributed by atoms with Crippen LogP contribution in [-0.4, -0.2) is 37.4 Å². The Morgan fingerprint density at radius 1 is 1.16 bits per heavy atom. The summed E-state index contributed by atoms with van der Waals surface area (Å²) in [5.74, 6) is 0.357. The van der Waals surface area contributed by atoms with Crippen LogP contribution in [-0.2, 0) is 4.79 Å². The number of benzene rings is 2. The van der Waals surface area contributed by atoms with Gasteiger partial charge in [-0.2, -0.15) is 0 Å². The van der Waals surface area contributed by atoms with E-state index in [4.69, 9.17) is 4.74 Å². The second kappa shape index (κ2) is 7.83. The first-order valence-electron chi connectivity index (χ1n) is 8.45. The Kier molecular flexibility index (Phi) is 5.33. The third-order valence-electron chi connectivity index (χ3n) is 4.29. The zero-order valence-electron chi connectivity index (χ0n) is 14.3. The maximum Gasteiger partial charge on any atom is 0.258 e. The van der Waals surface area contributed by atoms with E-state index in [-0.39, 0.29) is 24.3 Å². The van der Waals surface area contributed by atoms with Crippen LogP contribution in [0.2, 0.25) is 0 Å². The van der Waals surface area contributed by atoms with Gasteiger partial charge in [0.05, 0.1) is 0 Å². The maximum absolute atomic E-state index is 12.1. The largest absolute Gasteiger partial charge is 0.484 e. The molecule has 1 aliphatic heterocycles. The fourth-order valence-corrected chi connectivity index (χ4v) is 2.97. The highest BCUT2D eigenvalue weighted by Gasteiger charge is 2.24. The molecule has 1 saturated heterocycles. The molecule has 5 nitrogen and oxygen atoms in total. The van der Waals surface area contributed by atoms with Crippen LogP contribution >= 0.6 is 0 Å². The lowest BCUT2D eigenvalue weighted by Crippen LogP contribution is -2.39. The molecule has 25 heavy (non-hydrogen) atoms. The molecule has 1 heterocycles. The minimum absolute atomic E-state index is 0.0261. The topological polar surface area (TPSA) is 58.6 Å². The average molecular weight is 338 g/mol. The summed E-state index contributed by atoms with van der Waals surface area (Å²) < 4.78 is 5.50. The standard InChI is InChI=1S/C20H22N2O3/c1-15(23)16-6-5-9-19(12-16)25-14-20(24)21-17-10-11-22(13-17)18-7-3-2-4-8-18/h2-9,12,17H,10-11,13-14H2,1H3,(H,21,24)/t17-/m0/s1. The molecule has 130 valence electrons. The summed E-state index contributed by atoms with van der Waals surface area (Å²) in [4.78, 5) is 25.8. The summed E-state index contributed by atoms with van der Waals surface area (Å²) in [6.45, 7) is 3.18. The predicted octanol–water partition coefficient (Wildman–Crippen LogP) is 2.66. The third-order valence-corrected chi connectivity index (χ3v) is 4.29. The van der Waals surface area contributed by atoms with Gasteiger partial charge >= 0.3 is 0 Å². The van der Waals surface area contributed by atoms with Crippen molar-refractivity contribution in [2.24, 2.45) is 0 Å². The van der Waals surface area contributed by atoms with Crippen molar-refractivity contribution in [1.29, 1.82) is 0 Å². The third kappa shape index (κ3) is 4.59. The van der Waals surface area contributed by atoms with Crippen molar-refractivity contribution in [3.8, 4) is 5.75 Å². The van der Waals surface area contributed by atoms with Crippen LogP contribution in [0.3, 0.4) is 0 Å². The van der Waals surface area contributed by atoms with E-state index in [2.05, 4.69) is 22.3 Å². The number of ether oxygens (including phenoxy) is 1. The molecule has 0 radical (unpaired) electrons. The van der Waals surface area contributed by atoms with Crippen molar-refractivity contribution in [2.75, 3.05) is 24.6 Å². The molecule has 0 aromatic heterocycles. The zero-order chi connectivity index (χ0) is 17.6. The van der Waals surface area contributed by atoms with E-state index in [0.29, 0.717) is 11.3 Å². The maximum atomic E-state index is 12.1.